The quantitative estimate of drug-likeness (QED) is 0.727. The second kappa shape index (κ2) is 6.69. The molecule has 3 aromatic rings. The van der Waals surface area contributed by atoms with E-state index in [-0.39, 0.29) is 11.0 Å². The molecule has 10 heteroatoms. The van der Waals surface area contributed by atoms with Gasteiger partial charge >= 0.3 is 0 Å². The van der Waals surface area contributed by atoms with E-state index < -0.39 is 10.0 Å². The van der Waals surface area contributed by atoms with E-state index in [9.17, 15) is 8.42 Å². The lowest BCUT2D eigenvalue weighted by molar-refractivity contribution is 0.417. The molecule has 0 fully saturated rings. The lowest BCUT2D eigenvalue weighted by Gasteiger charge is -2.10. The van der Waals surface area contributed by atoms with Crippen LogP contribution < -0.4 is 10.1 Å². The van der Waals surface area contributed by atoms with Gasteiger partial charge in [-0.15, -0.1) is 0 Å². The van der Waals surface area contributed by atoms with Crippen molar-refractivity contribution in [2.45, 2.75) is 0 Å². The molecule has 0 unspecified atom stereocenters. The smallest absolute Gasteiger partial charge is 0.250 e. The summed E-state index contributed by atoms with van der Waals surface area (Å²) >= 11 is 6.15. The first-order valence-corrected chi connectivity index (χ1v) is 9.29. The normalized spacial score (nSPS) is 11.3. The van der Waals surface area contributed by atoms with Crippen LogP contribution in [0.25, 0.3) is 11.3 Å². The summed E-state index contributed by atoms with van der Waals surface area (Å²) in [5, 5.41) is 7.14. The van der Waals surface area contributed by atoms with E-state index >= 15 is 0 Å². The Bertz CT molecular complexity index is 1020. The molecule has 0 saturated carbocycles. The number of benzene rings is 1. The highest BCUT2D eigenvalue weighted by atomic mass is 35.5. The van der Waals surface area contributed by atoms with Crippen LogP contribution in [0.2, 0.25) is 5.02 Å². The molecule has 0 aliphatic carbocycles. The zero-order valence-corrected chi connectivity index (χ0v) is 14.9. The van der Waals surface area contributed by atoms with E-state index in [1.54, 1.807) is 13.2 Å². The topological polar surface area (TPSA) is 99.0 Å². The molecule has 130 valence electrons. The summed E-state index contributed by atoms with van der Waals surface area (Å²) in [6.45, 7) is 0. The number of halogens is 1. The van der Waals surface area contributed by atoms with Gasteiger partial charge in [-0.2, -0.15) is 9.19 Å². The number of nitrogens with zero attached hydrogens (tertiary/aromatic N) is 4. The molecule has 1 aromatic carbocycles. The van der Waals surface area contributed by atoms with Gasteiger partial charge in [0.15, 0.2) is 0 Å². The van der Waals surface area contributed by atoms with E-state index in [0.29, 0.717) is 22.7 Å². The molecular formula is C15H14ClN5O3S. The third-order valence-electron chi connectivity index (χ3n) is 3.27. The van der Waals surface area contributed by atoms with Gasteiger partial charge in [0.05, 0.1) is 48.4 Å². The van der Waals surface area contributed by atoms with Gasteiger partial charge in [0.25, 0.3) is 10.0 Å². The maximum atomic E-state index is 11.5. The SMILES string of the molecule is COc1ccccc1Nc1ncc(Cl)c(-c2cnn(S(C)(=O)=O)c2)n1. The first kappa shape index (κ1) is 17.2. The van der Waals surface area contributed by atoms with E-state index in [0.717, 1.165) is 10.3 Å². The Labute approximate surface area is 149 Å². The third kappa shape index (κ3) is 3.72. The summed E-state index contributed by atoms with van der Waals surface area (Å²) in [6.07, 6.45) is 5.21. The van der Waals surface area contributed by atoms with Gasteiger partial charge < -0.3 is 10.1 Å². The zero-order valence-electron chi connectivity index (χ0n) is 13.3. The molecule has 0 saturated heterocycles. The van der Waals surface area contributed by atoms with E-state index in [4.69, 9.17) is 16.3 Å². The van der Waals surface area contributed by atoms with Gasteiger partial charge in [0.1, 0.15) is 5.75 Å². The highest BCUT2D eigenvalue weighted by molar-refractivity contribution is 7.89. The van der Waals surface area contributed by atoms with Crippen LogP contribution in [0.5, 0.6) is 5.75 Å². The van der Waals surface area contributed by atoms with Crippen molar-refractivity contribution in [1.29, 1.82) is 0 Å². The lowest BCUT2D eigenvalue weighted by atomic mass is 10.2. The third-order valence-corrected chi connectivity index (χ3v) is 4.43. The Morgan fingerprint density at radius 1 is 1.24 bits per heavy atom. The first-order chi connectivity index (χ1) is 11.9. The standard InChI is InChI=1S/C15H14ClN5O3S/c1-24-13-6-4-3-5-12(13)19-15-17-8-11(16)14(20-15)10-7-18-21(9-10)25(2,22)23/h3-9H,1-2H3,(H,17,19,20). The van der Waals surface area contributed by atoms with Crippen molar-refractivity contribution in [3.63, 3.8) is 0 Å². The van der Waals surface area contributed by atoms with Gasteiger partial charge in [-0.3, -0.25) is 0 Å². The van der Waals surface area contributed by atoms with Crippen LogP contribution in [0.15, 0.2) is 42.9 Å². The van der Waals surface area contributed by atoms with Crippen molar-refractivity contribution in [3.8, 4) is 17.0 Å². The fraction of sp³-hybridized carbons (Fsp3) is 0.133. The second-order valence-corrected chi connectivity index (χ2v) is 7.33. The van der Waals surface area contributed by atoms with Gasteiger partial charge in [0, 0.05) is 5.56 Å². The van der Waals surface area contributed by atoms with Crippen molar-refractivity contribution in [2.75, 3.05) is 18.7 Å². The molecule has 0 aliphatic heterocycles. The number of para-hydroxylation sites is 2. The van der Waals surface area contributed by atoms with E-state index in [1.807, 2.05) is 18.2 Å². The van der Waals surface area contributed by atoms with Crippen molar-refractivity contribution < 1.29 is 13.2 Å². The first-order valence-electron chi connectivity index (χ1n) is 7.06. The van der Waals surface area contributed by atoms with Gasteiger partial charge in [-0.05, 0) is 12.1 Å². The molecule has 2 heterocycles. The number of nitrogens with one attached hydrogen (secondary N) is 1. The van der Waals surface area contributed by atoms with Crippen LogP contribution in [0, 0.1) is 0 Å². The summed E-state index contributed by atoms with van der Waals surface area (Å²) in [6, 6.07) is 7.31. The number of hydrogen-bond acceptors (Lipinski definition) is 7. The second-order valence-electron chi connectivity index (χ2n) is 5.08. The molecule has 0 bridgehead atoms. The predicted octanol–water partition coefficient (Wildman–Crippen LogP) is 2.55. The van der Waals surface area contributed by atoms with Crippen LogP contribution >= 0.6 is 11.6 Å². The van der Waals surface area contributed by atoms with Crippen LogP contribution in [0.1, 0.15) is 0 Å². The minimum absolute atomic E-state index is 0.277. The van der Waals surface area contributed by atoms with E-state index in [1.165, 1.54) is 18.6 Å². The monoisotopic (exact) mass is 379 g/mol. The van der Waals surface area contributed by atoms with Crippen LogP contribution in [0.4, 0.5) is 11.6 Å². The minimum atomic E-state index is -3.48. The number of methoxy groups -OCH3 is 1. The van der Waals surface area contributed by atoms with Crippen molar-refractivity contribution in [2.24, 2.45) is 0 Å². The maximum absolute atomic E-state index is 11.5. The Morgan fingerprint density at radius 2 is 2.00 bits per heavy atom. The molecule has 0 aliphatic rings. The summed E-state index contributed by atoms with van der Waals surface area (Å²) in [5.74, 6) is 0.920. The molecule has 0 atom stereocenters. The van der Waals surface area contributed by atoms with Gasteiger partial charge in [0.2, 0.25) is 5.95 Å². The number of hydrogen-bond donors (Lipinski definition) is 1. The molecule has 0 radical (unpaired) electrons. The molecule has 8 nitrogen and oxygen atoms in total. The number of aromatic nitrogens is 4. The van der Waals surface area contributed by atoms with Crippen LogP contribution in [-0.2, 0) is 10.0 Å². The molecule has 2 aromatic heterocycles. The fourth-order valence-corrected chi connectivity index (χ4v) is 2.83. The van der Waals surface area contributed by atoms with Crippen molar-refractivity contribution in [1.82, 2.24) is 19.2 Å². The van der Waals surface area contributed by atoms with Gasteiger partial charge in [-0.1, -0.05) is 23.7 Å². The summed E-state index contributed by atoms with van der Waals surface area (Å²) in [4.78, 5) is 8.49. The molecule has 0 spiro atoms. The molecule has 3 rings (SSSR count). The largest absolute Gasteiger partial charge is 0.495 e. The Kier molecular flexibility index (Phi) is 4.60. The maximum Gasteiger partial charge on any atom is 0.250 e. The Morgan fingerprint density at radius 3 is 2.68 bits per heavy atom. The van der Waals surface area contributed by atoms with Crippen LogP contribution in [0.3, 0.4) is 0 Å². The van der Waals surface area contributed by atoms with Gasteiger partial charge in [-0.25, -0.2) is 18.4 Å². The number of rotatable bonds is 5. The molecule has 0 amide bonds. The fourth-order valence-electron chi connectivity index (χ4n) is 2.11. The lowest BCUT2D eigenvalue weighted by Crippen LogP contribution is -2.09. The average Bonchev–Trinajstić information content (AvgIpc) is 3.07. The number of anilines is 2. The molecule has 1 N–H and O–H groups in total. The minimum Gasteiger partial charge on any atom is -0.495 e. The predicted molar refractivity (Wildman–Crippen MR) is 94.8 cm³/mol. The summed E-state index contributed by atoms with van der Waals surface area (Å²) in [5.41, 5.74) is 1.51. The summed E-state index contributed by atoms with van der Waals surface area (Å²) < 4.78 is 29.2. The summed E-state index contributed by atoms with van der Waals surface area (Å²) in [7, 11) is -1.92. The Balaban J connectivity index is 1.97. The number of ether oxygens (including phenoxy) is 1. The van der Waals surface area contributed by atoms with Crippen molar-refractivity contribution >= 4 is 33.3 Å². The highest BCUT2D eigenvalue weighted by Gasteiger charge is 2.14. The molecular weight excluding hydrogens is 366 g/mol. The van der Waals surface area contributed by atoms with Crippen molar-refractivity contribution in [3.05, 3.63) is 47.9 Å². The Hall–Kier alpha value is -2.65. The highest BCUT2D eigenvalue weighted by Crippen LogP contribution is 2.29. The average molecular weight is 380 g/mol. The molecule has 25 heavy (non-hydrogen) atoms. The zero-order chi connectivity index (χ0) is 18.0. The van der Waals surface area contributed by atoms with E-state index in [2.05, 4.69) is 20.4 Å². The van der Waals surface area contributed by atoms with Crippen LogP contribution in [-0.4, -0.2) is 40.9 Å².